The fourth-order valence-electron chi connectivity index (χ4n) is 6.00. The number of allylic oxidation sites excluding steroid dienone is 3. The van der Waals surface area contributed by atoms with Crippen LogP contribution in [0, 0.1) is 0 Å². The molecule has 2 fully saturated rings. The van der Waals surface area contributed by atoms with Gasteiger partial charge < -0.3 is 19.7 Å². The Bertz CT molecular complexity index is 1700. The number of halogens is 1. The fourth-order valence-corrected chi connectivity index (χ4v) is 6.30. The van der Waals surface area contributed by atoms with E-state index in [1.165, 1.54) is 24.9 Å². The van der Waals surface area contributed by atoms with Gasteiger partial charge in [0.2, 0.25) is 5.96 Å². The predicted octanol–water partition coefficient (Wildman–Crippen LogP) is 3.19. The smallest absolute Gasteiger partial charge is 0.224 e. The molecule has 3 aromatic rings. The summed E-state index contributed by atoms with van der Waals surface area (Å²) in [5.41, 5.74) is 5.44. The largest absolute Gasteiger partial charge is 0.501 e. The number of fused-ring (bicyclic) bond motifs is 3. The second-order valence-electron chi connectivity index (χ2n) is 10.8. The van der Waals surface area contributed by atoms with Crippen LogP contribution in [0.1, 0.15) is 31.2 Å². The lowest BCUT2D eigenvalue weighted by atomic mass is 9.91. The third-order valence-corrected chi connectivity index (χ3v) is 8.97. The Morgan fingerprint density at radius 3 is 2.54 bits per heavy atom. The van der Waals surface area contributed by atoms with Crippen LogP contribution in [-0.4, -0.2) is 71.9 Å². The van der Waals surface area contributed by atoms with Gasteiger partial charge in [0.15, 0.2) is 5.65 Å². The van der Waals surface area contributed by atoms with E-state index >= 15 is 0 Å². The molecule has 2 aliphatic carbocycles. The van der Waals surface area contributed by atoms with E-state index < -0.39 is 0 Å². The number of anilines is 2. The molecule has 0 bridgehead atoms. The topological polar surface area (TPSA) is 91.9 Å². The molecule has 2 aromatic heterocycles. The highest BCUT2D eigenvalue weighted by atomic mass is 35.5. The summed E-state index contributed by atoms with van der Waals surface area (Å²) in [7, 11) is 3.23. The maximum atomic E-state index is 6.75. The summed E-state index contributed by atoms with van der Waals surface area (Å²) < 4.78 is 12.9. The molecule has 1 saturated heterocycles. The van der Waals surface area contributed by atoms with Crippen LogP contribution in [0.2, 0.25) is 0 Å². The molecule has 1 saturated carbocycles. The molecule has 7 rings (SSSR count). The molecule has 1 N–H and O–H groups in total. The van der Waals surface area contributed by atoms with Crippen molar-refractivity contribution in [1.82, 2.24) is 19.5 Å². The van der Waals surface area contributed by atoms with Crippen molar-refractivity contribution in [2.24, 2.45) is 9.98 Å². The first-order chi connectivity index (χ1) is 20.1. The Morgan fingerprint density at radius 1 is 1.02 bits per heavy atom. The maximum absolute atomic E-state index is 6.75. The summed E-state index contributed by atoms with van der Waals surface area (Å²) in [4.78, 5) is 14.7. The predicted molar refractivity (Wildman–Crippen MR) is 159 cm³/mol. The molecule has 0 amide bonds. The van der Waals surface area contributed by atoms with Gasteiger partial charge in [-0.1, -0.05) is 18.0 Å². The van der Waals surface area contributed by atoms with Crippen molar-refractivity contribution >= 4 is 40.2 Å². The van der Waals surface area contributed by atoms with Gasteiger partial charge in [-0.3, -0.25) is 9.30 Å². The molecule has 4 aliphatic rings. The number of methoxy groups -OCH3 is 2. The summed E-state index contributed by atoms with van der Waals surface area (Å²) in [6.45, 7) is 4.92. The summed E-state index contributed by atoms with van der Waals surface area (Å²) >= 11 is 6.75. The molecule has 0 radical (unpaired) electrons. The van der Waals surface area contributed by atoms with E-state index in [1.54, 1.807) is 20.5 Å². The fraction of sp³-hybridized carbons (Fsp3) is 0.400. The van der Waals surface area contributed by atoms with Crippen LogP contribution in [0.15, 0.2) is 69.3 Å². The average molecular weight is 573 g/mol. The molecule has 11 heteroatoms. The number of guanidine groups is 1. The Kier molecular flexibility index (Phi) is 6.88. The molecule has 10 nitrogen and oxygen atoms in total. The van der Waals surface area contributed by atoms with Crippen molar-refractivity contribution in [3.05, 3.63) is 75.6 Å². The minimum Gasteiger partial charge on any atom is -0.501 e. The minimum absolute atomic E-state index is 0.463. The van der Waals surface area contributed by atoms with E-state index in [-0.39, 0.29) is 0 Å². The normalized spacial score (nSPS) is 21.1. The van der Waals surface area contributed by atoms with Gasteiger partial charge in [0.1, 0.15) is 23.3 Å². The van der Waals surface area contributed by atoms with E-state index in [9.17, 15) is 0 Å². The van der Waals surface area contributed by atoms with Gasteiger partial charge in [-0.15, -0.1) is 10.2 Å². The van der Waals surface area contributed by atoms with Crippen molar-refractivity contribution in [3.8, 4) is 0 Å². The zero-order chi connectivity index (χ0) is 27.9. The highest BCUT2D eigenvalue weighted by molar-refractivity contribution is 6.36. The second-order valence-corrected chi connectivity index (χ2v) is 11.2. The number of rotatable bonds is 5. The van der Waals surface area contributed by atoms with Crippen molar-refractivity contribution in [2.45, 2.75) is 38.3 Å². The first kappa shape index (κ1) is 26.0. The van der Waals surface area contributed by atoms with Crippen molar-refractivity contribution in [2.75, 3.05) is 50.6 Å². The Hall–Kier alpha value is -3.89. The third-order valence-electron chi connectivity index (χ3n) is 8.56. The minimum atomic E-state index is 0.463. The van der Waals surface area contributed by atoms with Crippen LogP contribution >= 0.6 is 11.6 Å². The van der Waals surface area contributed by atoms with Crippen LogP contribution in [0.25, 0.3) is 11.2 Å². The Balaban J connectivity index is 1.13. The Labute approximate surface area is 243 Å². The number of nitrogens with one attached hydrogen (secondary N) is 1. The lowest BCUT2D eigenvalue weighted by Gasteiger charge is -2.43. The quantitative estimate of drug-likeness (QED) is 0.502. The summed E-state index contributed by atoms with van der Waals surface area (Å²) in [6, 6.07) is 11.4. The van der Waals surface area contributed by atoms with Gasteiger partial charge in [0.25, 0.3) is 0 Å². The van der Waals surface area contributed by atoms with Gasteiger partial charge in [-0.2, -0.15) is 4.99 Å². The average Bonchev–Trinajstić information content (AvgIpc) is 3.48. The zero-order valence-electron chi connectivity index (χ0n) is 23.3. The molecule has 4 heterocycles. The zero-order valence-corrected chi connectivity index (χ0v) is 24.1. The second kappa shape index (κ2) is 10.8. The molecular formula is C30H33ClN8O2. The van der Waals surface area contributed by atoms with Crippen LogP contribution in [0.4, 0.5) is 11.4 Å². The van der Waals surface area contributed by atoms with E-state index in [0.29, 0.717) is 35.4 Å². The molecule has 41 heavy (non-hydrogen) atoms. The van der Waals surface area contributed by atoms with E-state index in [2.05, 4.69) is 49.6 Å². The lowest BCUT2D eigenvalue weighted by molar-refractivity contribution is 0.120. The number of hydrogen-bond donors (Lipinski definition) is 1. The van der Waals surface area contributed by atoms with Crippen LogP contribution in [0.5, 0.6) is 0 Å². The Morgan fingerprint density at radius 2 is 1.83 bits per heavy atom. The van der Waals surface area contributed by atoms with Crippen molar-refractivity contribution in [1.29, 1.82) is 0 Å². The highest BCUT2D eigenvalue weighted by Crippen LogP contribution is 2.33. The third kappa shape index (κ3) is 4.85. The standard InChI is InChI=1S/C30H33ClN8O2/c1-40-23-15-24(27(31)26(16-23)41-2)25-14-19-17-32-30(35-28(19)39-18-33-36-29(25)39)34-20-6-8-22(9-7-20)38-12-10-37(11-13-38)21-4-3-5-21/h6-9,14,16,18,21H,3-5,10-13,15,17H2,1-2H3,(H,32,34). The number of benzene rings is 1. The SMILES string of the molecule is COC1=CC(OC)=C(Cl)C(=c2cc3c(n4cnnc24)=NC(Nc2ccc(N4CCN(C5CCC5)CC4)cc2)=NC3)C1. The highest BCUT2D eigenvalue weighted by Gasteiger charge is 2.28. The number of aromatic nitrogens is 3. The van der Waals surface area contributed by atoms with Gasteiger partial charge in [-0.05, 0) is 48.7 Å². The lowest BCUT2D eigenvalue weighted by Crippen LogP contribution is -2.52. The summed E-state index contributed by atoms with van der Waals surface area (Å²) in [5.74, 6) is 1.86. The monoisotopic (exact) mass is 572 g/mol. The molecule has 212 valence electrons. The van der Waals surface area contributed by atoms with Crippen LogP contribution in [-0.2, 0) is 16.0 Å². The van der Waals surface area contributed by atoms with Gasteiger partial charge in [-0.25, -0.2) is 4.99 Å². The summed E-state index contributed by atoms with van der Waals surface area (Å²) in [5, 5.41) is 13.4. The molecule has 2 aliphatic heterocycles. The van der Waals surface area contributed by atoms with E-state index in [1.807, 2.05) is 16.5 Å². The molecule has 0 atom stereocenters. The number of nitrogens with zero attached hydrogens (tertiary/aromatic N) is 7. The number of ether oxygens (including phenoxy) is 2. The molecular weight excluding hydrogens is 540 g/mol. The van der Waals surface area contributed by atoms with Crippen molar-refractivity contribution < 1.29 is 9.47 Å². The molecule has 0 spiro atoms. The van der Waals surface area contributed by atoms with E-state index in [0.717, 1.165) is 65.5 Å². The number of piperazine rings is 1. The maximum Gasteiger partial charge on any atom is 0.224 e. The summed E-state index contributed by atoms with van der Waals surface area (Å²) in [6.07, 6.45) is 8.14. The van der Waals surface area contributed by atoms with E-state index in [4.69, 9.17) is 31.1 Å². The van der Waals surface area contributed by atoms with Gasteiger partial charge in [0.05, 0.1) is 25.8 Å². The van der Waals surface area contributed by atoms with Gasteiger partial charge in [0, 0.05) is 66.9 Å². The van der Waals surface area contributed by atoms with Crippen LogP contribution in [0.3, 0.4) is 0 Å². The van der Waals surface area contributed by atoms with Gasteiger partial charge >= 0.3 is 0 Å². The van der Waals surface area contributed by atoms with Crippen LogP contribution < -0.4 is 20.9 Å². The first-order valence-electron chi connectivity index (χ1n) is 14.1. The number of aliphatic imine (C=N–C) groups is 1. The number of hydrogen-bond acceptors (Lipinski definition) is 9. The molecule has 1 aromatic carbocycles. The number of pyridine rings is 1. The van der Waals surface area contributed by atoms with Crippen molar-refractivity contribution in [3.63, 3.8) is 0 Å². The first-order valence-corrected chi connectivity index (χ1v) is 14.5. The molecule has 0 unspecified atom stereocenters.